The highest BCUT2D eigenvalue weighted by Gasteiger charge is 2.30. The third-order valence-electron chi connectivity index (χ3n) is 5.13. The van der Waals surface area contributed by atoms with E-state index in [1.807, 2.05) is 56.3 Å². The van der Waals surface area contributed by atoms with Crippen LogP contribution in [0.2, 0.25) is 0 Å². The summed E-state index contributed by atoms with van der Waals surface area (Å²) < 4.78 is 1.60. The number of rotatable bonds is 7. The molecular formula is C23H24N4O2S. The fraction of sp³-hybridized carbons (Fsp3) is 0.304. The summed E-state index contributed by atoms with van der Waals surface area (Å²) in [4.78, 5) is 30.3. The van der Waals surface area contributed by atoms with Gasteiger partial charge in [-0.1, -0.05) is 68.1 Å². The first kappa shape index (κ1) is 21.6. The Kier molecular flexibility index (Phi) is 6.58. The fourth-order valence-corrected chi connectivity index (χ4v) is 3.72. The number of carbonyl (C=O) groups excluding carboxylic acids is 1. The van der Waals surface area contributed by atoms with Gasteiger partial charge >= 0.3 is 0 Å². The minimum atomic E-state index is -0.946. The number of nitriles is 1. The molecule has 1 amide bonds. The number of nitrogens with one attached hydrogen (secondary N) is 1. The lowest BCUT2D eigenvalue weighted by Gasteiger charge is -2.27. The molecule has 30 heavy (non-hydrogen) atoms. The van der Waals surface area contributed by atoms with Crippen LogP contribution >= 0.6 is 11.8 Å². The van der Waals surface area contributed by atoms with Crippen molar-refractivity contribution in [3.63, 3.8) is 0 Å². The first-order chi connectivity index (χ1) is 14.3. The number of aromatic nitrogens is 2. The van der Waals surface area contributed by atoms with Gasteiger partial charge in [0.2, 0.25) is 5.91 Å². The smallest absolute Gasteiger partial charge is 0.262 e. The van der Waals surface area contributed by atoms with Gasteiger partial charge in [0, 0.05) is 0 Å². The van der Waals surface area contributed by atoms with Crippen LogP contribution in [-0.2, 0) is 11.3 Å². The summed E-state index contributed by atoms with van der Waals surface area (Å²) in [5, 5.41) is 13.2. The number of thioether (sulfide) groups is 1. The third-order valence-corrected chi connectivity index (χ3v) is 6.10. The number of amides is 1. The zero-order chi connectivity index (χ0) is 21.7. The van der Waals surface area contributed by atoms with Crippen molar-refractivity contribution in [2.24, 2.45) is 5.92 Å². The van der Waals surface area contributed by atoms with Gasteiger partial charge in [0.25, 0.3) is 5.56 Å². The van der Waals surface area contributed by atoms with E-state index in [-0.39, 0.29) is 23.1 Å². The molecule has 0 spiro atoms. The molecule has 0 aliphatic heterocycles. The molecule has 1 N–H and O–H groups in total. The molecule has 1 unspecified atom stereocenters. The van der Waals surface area contributed by atoms with Gasteiger partial charge in [-0.3, -0.25) is 14.2 Å². The number of hydrogen-bond donors (Lipinski definition) is 1. The Bertz CT molecular complexity index is 1150. The van der Waals surface area contributed by atoms with Crippen molar-refractivity contribution in [3.05, 3.63) is 70.5 Å². The highest BCUT2D eigenvalue weighted by Crippen LogP contribution is 2.20. The standard InChI is InChI=1S/C23H24N4O2S/c1-16(2)23(3,15-24)26-20(28)14-30-22-25-19-12-8-7-11-18(19)21(29)27(22)13-17-9-5-4-6-10-17/h4-12,16H,13-14H2,1-3H3,(H,26,28). The Morgan fingerprint density at radius 2 is 1.87 bits per heavy atom. The van der Waals surface area contributed by atoms with Crippen molar-refractivity contribution in [1.82, 2.24) is 14.9 Å². The van der Waals surface area contributed by atoms with E-state index >= 15 is 0 Å². The third kappa shape index (κ3) is 4.71. The summed E-state index contributed by atoms with van der Waals surface area (Å²) in [6, 6.07) is 19.0. The molecule has 6 nitrogen and oxygen atoms in total. The van der Waals surface area contributed by atoms with Crippen LogP contribution in [0, 0.1) is 17.2 Å². The number of hydrogen-bond acceptors (Lipinski definition) is 5. The number of carbonyl (C=O) groups is 1. The molecule has 0 radical (unpaired) electrons. The predicted molar refractivity (Wildman–Crippen MR) is 119 cm³/mol. The molecule has 2 aromatic carbocycles. The fourth-order valence-electron chi connectivity index (χ4n) is 2.92. The maximum atomic E-state index is 13.1. The average molecular weight is 421 g/mol. The van der Waals surface area contributed by atoms with Gasteiger partial charge in [-0.15, -0.1) is 0 Å². The summed E-state index contributed by atoms with van der Waals surface area (Å²) in [6.07, 6.45) is 0. The predicted octanol–water partition coefficient (Wildman–Crippen LogP) is 3.59. The van der Waals surface area contributed by atoms with Crippen LogP contribution in [0.15, 0.2) is 64.5 Å². The molecule has 0 aliphatic carbocycles. The van der Waals surface area contributed by atoms with E-state index in [4.69, 9.17) is 0 Å². The molecule has 0 aliphatic rings. The van der Waals surface area contributed by atoms with Crippen molar-refractivity contribution >= 4 is 28.6 Å². The molecule has 0 saturated carbocycles. The van der Waals surface area contributed by atoms with Gasteiger partial charge in [-0.2, -0.15) is 5.26 Å². The van der Waals surface area contributed by atoms with Crippen LogP contribution in [0.1, 0.15) is 26.3 Å². The van der Waals surface area contributed by atoms with Crippen molar-refractivity contribution in [1.29, 1.82) is 5.26 Å². The van der Waals surface area contributed by atoms with Crippen molar-refractivity contribution in [2.45, 2.75) is 38.0 Å². The maximum absolute atomic E-state index is 13.1. The minimum Gasteiger partial charge on any atom is -0.337 e. The van der Waals surface area contributed by atoms with Crippen LogP contribution in [-0.4, -0.2) is 26.8 Å². The second-order valence-electron chi connectivity index (χ2n) is 7.59. The van der Waals surface area contributed by atoms with Gasteiger partial charge in [0.05, 0.1) is 29.3 Å². The molecule has 154 valence electrons. The first-order valence-corrected chi connectivity index (χ1v) is 10.7. The summed E-state index contributed by atoms with van der Waals surface area (Å²) in [5.74, 6) is -0.248. The molecule has 1 atom stereocenters. The highest BCUT2D eigenvalue weighted by molar-refractivity contribution is 7.99. The topological polar surface area (TPSA) is 87.8 Å². The Labute approximate surface area is 179 Å². The number of fused-ring (bicyclic) bond motifs is 1. The average Bonchev–Trinajstić information content (AvgIpc) is 2.75. The summed E-state index contributed by atoms with van der Waals surface area (Å²) in [6.45, 7) is 5.85. The van der Waals surface area contributed by atoms with Gasteiger partial charge in [0.1, 0.15) is 5.54 Å². The summed E-state index contributed by atoms with van der Waals surface area (Å²) >= 11 is 1.20. The number of benzene rings is 2. The lowest BCUT2D eigenvalue weighted by molar-refractivity contribution is -0.120. The van der Waals surface area contributed by atoms with Crippen LogP contribution in [0.5, 0.6) is 0 Å². The largest absolute Gasteiger partial charge is 0.337 e. The van der Waals surface area contributed by atoms with E-state index in [9.17, 15) is 14.9 Å². The Morgan fingerprint density at radius 1 is 1.20 bits per heavy atom. The molecule has 7 heteroatoms. The summed E-state index contributed by atoms with van der Waals surface area (Å²) in [5.41, 5.74) is 0.480. The SMILES string of the molecule is CC(C)C(C)(C#N)NC(=O)CSc1nc2ccccc2c(=O)n1Cc1ccccc1. The Balaban J connectivity index is 1.90. The van der Waals surface area contributed by atoms with E-state index in [0.29, 0.717) is 22.6 Å². The number of nitrogens with zero attached hydrogens (tertiary/aromatic N) is 3. The monoisotopic (exact) mass is 420 g/mol. The zero-order valence-corrected chi connectivity index (χ0v) is 18.1. The molecule has 0 fully saturated rings. The van der Waals surface area contributed by atoms with Gasteiger partial charge < -0.3 is 5.32 Å². The zero-order valence-electron chi connectivity index (χ0n) is 17.3. The molecule has 3 rings (SSSR count). The summed E-state index contributed by atoms with van der Waals surface area (Å²) in [7, 11) is 0. The number of para-hydroxylation sites is 1. The van der Waals surface area contributed by atoms with E-state index in [1.54, 1.807) is 23.6 Å². The molecule has 1 heterocycles. The first-order valence-electron chi connectivity index (χ1n) is 9.72. The second-order valence-corrected chi connectivity index (χ2v) is 8.54. The maximum Gasteiger partial charge on any atom is 0.262 e. The van der Waals surface area contributed by atoms with Gasteiger partial charge in [0.15, 0.2) is 5.16 Å². The van der Waals surface area contributed by atoms with Crippen molar-refractivity contribution in [2.75, 3.05) is 5.75 Å². The van der Waals surface area contributed by atoms with Gasteiger partial charge in [-0.05, 0) is 30.5 Å². The van der Waals surface area contributed by atoms with E-state index in [1.165, 1.54) is 11.8 Å². The van der Waals surface area contributed by atoms with E-state index in [0.717, 1.165) is 5.56 Å². The molecular weight excluding hydrogens is 396 g/mol. The lowest BCUT2D eigenvalue weighted by Crippen LogP contribution is -2.49. The van der Waals surface area contributed by atoms with E-state index in [2.05, 4.69) is 16.4 Å². The van der Waals surface area contributed by atoms with Gasteiger partial charge in [-0.25, -0.2) is 4.98 Å². The Hall–Kier alpha value is -3.11. The van der Waals surface area contributed by atoms with Crippen LogP contribution < -0.4 is 10.9 Å². The van der Waals surface area contributed by atoms with E-state index < -0.39 is 5.54 Å². The molecule has 0 bridgehead atoms. The minimum absolute atomic E-state index is 0.0356. The molecule has 0 saturated heterocycles. The van der Waals surface area contributed by atoms with Crippen molar-refractivity contribution in [3.8, 4) is 6.07 Å². The van der Waals surface area contributed by atoms with Crippen LogP contribution in [0.4, 0.5) is 0 Å². The highest BCUT2D eigenvalue weighted by atomic mass is 32.2. The quantitative estimate of drug-likeness (QED) is 0.466. The normalized spacial score (nSPS) is 13.0. The van der Waals surface area contributed by atoms with Crippen LogP contribution in [0.25, 0.3) is 10.9 Å². The Morgan fingerprint density at radius 3 is 2.53 bits per heavy atom. The molecule has 1 aromatic heterocycles. The second kappa shape index (κ2) is 9.14. The lowest BCUT2D eigenvalue weighted by atomic mass is 9.90. The van der Waals surface area contributed by atoms with Crippen LogP contribution in [0.3, 0.4) is 0 Å². The molecule has 3 aromatic rings. The van der Waals surface area contributed by atoms with Crippen molar-refractivity contribution < 1.29 is 4.79 Å².